The van der Waals surface area contributed by atoms with Crippen molar-refractivity contribution >= 4 is 34.5 Å². The maximum Gasteiger partial charge on any atom is 0.281 e. The van der Waals surface area contributed by atoms with E-state index in [1.165, 1.54) is 18.2 Å². The zero-order chi connectivity index (χ0) is 17.4. The van der Waals surface area contributed by atoms with Gasteiger partial charge in [0.25, 0.3) is 5.69 Å². The Kier molecular flexibility index (Phi) is 3.91. The standard InChI is InChI=1S/C17H11ClN2O4/c1-9-4-2-5-10(8-9)19-15-14(18)16(21)11-6-3-7-12(20(23)24)13(11)17(15)22/h2-8,19H,1H3. The molecule has 24 heavy (non-hydrogen) atoms. The molecule has 0 spiro atoms. The van der Waals surface area contributed by atoms with Gasteiger partial charge in [-0.25, -0.2) is 0 Å². The van der Waals surface area contributed by atoms with Crippen LogP contribution in [-0.4, -0.2) is 16.5 Å². The second kappa shape index (κ2) is 5.90. The van der Waals surface area contributed by atoms with Crippen LogP contribution in [0.1, 0.15) is 26.3 Å². The number of fused-ring (bicyclic) bond motifs is 1. The summed E-state index contributed by atoms with van der Waals surface area (Å²) < 4.78 is 0. The maximum absolute atomic E-state index is 12.7. The smallest absolute Gasteiger partial charge is 0.281 e. The zero-order valence-electron chi connectivity index (χ0n) is 12.5. The van der Waals surface area contributed by atoms with Crippen LogP contribution in [0.5, 0.6) is 0 Å². The van der Waals surface area contributed by atoms with Crippen molar-refractivity contribution < 1.29 is 14.5 Å². The first-order valence-electron chi connectivity index (χ1n) is 7.00. The van der Waals surface area contributed by atoms with Gasteiger partial charge in [-0.1, -0.05) is 29.8 Å². The molecule has 6 nitrogen and oxygen atoms in total. The number of nitro groups is 1. The van der Waals surface area contributed by atoms with Crippen molar-refractivity contribution in [1.82, 2.24) is 0 Å². The number of carbonyl (C=O) groups is 2. The minimum absolute atomic E-state index is 0.0611. The fraction of sp³-hybridized carbons (Fsp3) is 0.0588. The molecule has 7 heteroatoms. The molecule has 0 amide bonds. The minimum atomic E-state index is -0.687. The molecule has 2 aromatic carbocycles. The molecule has 1 aliphatic carbocycles. The second-order valence-corrected chi connectivity index (χ2v) is 5.68. The number of aryl methyl sites for hydroxylation is 1. The van der Waals surface area contributed by atoms with Gasteiger partial charge in [-0.3, -0.25) is 19.7 Å². The second-order valence-electron chi connectivity index (χ2n) is 5.30. The van der Waals surface area contributed by atoms with Crippen molar-refractivity contribution in [2.24, 2.45) is 0 Å². The molecule has 0 fully saturated rings. The van der Waals surface area contributed by atoms with E-state index in [1.807, 2.05) is 13.0 Å². The van der Waals surface area contributed by atoms with Gasteiger partial charge in [-0.05, 0) is 30.7 Å². The lowest BCUT2D eigenvalue weighted by atomic mass is 9.91. The summed E-state index contributed by atoms with van der Waals surface area (Å²) in [6.07, 6.45) is 0. The van der Waals surface area contributed by atoms with Gasteiger partial charge in [-0.2, -0.15) is 0 Å². The molecule has 3 rings (SSSR count). The van der Waals surface area contributed by atoms with Gasteiger partial charge in [0, 0.05) is 17.3 Å². The number of rotatable bonds is 3. The summed E-state index contributed by atoms with van der Waals surface area (Å²) in [6, 6.07) is 11.0. The number of hydrogen-bond acceptors (Lipinski definition) is 5. The van der Waals surface area contributed by atoms with Crippen LogP contribution in [0.3, 0.4) is 0 Å². The number of benzene rings is 2. The first kappa shape index (κ1) is 15.9. The Bertz CT molecular complexity index is 934. The summed E-state index contributed by atoms with van der Waals surface area (Å²) >= 11 is 6.05. The van der Waals surface area contributed by atoms with Crippen LogP contribution in [0.25, 0.3) is 0 Å². The lowest BCUT2D eigenvalue weighted by Gasteiger charge is -2.19. The molecule has 0 radical (unpaired) electrons. The summed E-state index contributed by atoms with van der Waals surface area (Å²) in [6.45, 7) is 1.87. The van der Waals surface area contributed by atoms with E-state index in [9.17, 15) is 19.7 Å². The monoisotopic (exact) mass is 342 g/mol. The Labute approximate surface area is 141 Å². The molecule has 1 aliphatic rings. The summed E-state index contributed by atoms with van der Waals surface area (Å²) in [4.78, 5) is 35.6. The van der Waals surface area contributed by atoms with E-state index in [-0.39, 0.29) is 21.9 Å². The number of ketones is 2. The number of allylic oxidation sites excluding steroid dienone is 2. The summed E-state index contributed by atoms with van der Waals surface area (Å²) in [5, 5.41) is 13.7. The van der Waals surface area contributed by atoms with Crippen LogP contribution in [0.2, 0.25) is 0 Å². The number of nitro benzene ring substituents is 1. The van der Waals surface area contributed by atoms with E-state index < -0.39 is 22.2 Å². The van der Waals surface area contributed by atoms with Crippen molar-refractivity contribution in [3.05, 3.63) is 80.0 Å². The topological polar surface area (TPSA) is 89.3 Å². The third kappa shape index (κ3) is 2.57. The van der Waals surface area contributed by atoms with Crippen molar-refractivity contribution in [2.75, 3.05) is 5.32 Å². The normalized spacial score (nSPS) is 13.8. The van der Waals surface area contributed by atoms with E-state index in [2.05, 4.69) is 5.32 Å². The van der Waals surface area contributed by atoms with Gasteiger partial charge in [0.2, 0.25) is 11.6 Å². The fourth-order valence-electron chi connectivity index (χ4n) is 2.56. The average molecular weight is 343 g/mol. The van der Waals surface area contributed by atoms with Crippen LogP contribution in [-0.2, 0) is 0 Å². The summed E-state index contributed by atoms with van der Waals surface area (Å²) in [5.74, 6) is -1.30. The van der Waals surface area contributed by atoms with Crippen molar-refractivity contribution in [1.29, 1.82) is 0 Å². The molecule has 0 aliphatic heterocycles. The molecule has 120 valence electrons. The van der Waals surface area contributed by atoms with Gasteiger partial charge in [0.15, 0.2) is 0 Å². The predicted octanol–water partition coefficient (Wildman–Crippen LogP) is 3.84. The Balaban J connectivity index is 2.12. The highest BCUT2D eigenvalue weighted by atomic mass is 35.5. The van der Waals surface area contributed by atoms with Gasteiger partial charge >= 0.3 is 0 Å². The number of nitrogens with one attached hydrogen (secondary N) is 1. The first-order chi connectivity index (χ1) is 11.4. The highest BCUT2D eigenvalue weighted by Crippen LogP contribution is 2.34. The Morgan fingerprint density at radius 3 is 2.46 bits per heavy atom. The SMILES string of the molecule is Cc1cccc(NC2=C(Cl)C(=O)c3cccc([N+](=O)[O-])c3C2=O)c1. The van der Waals surface area contributed by atoms with E-state index in [0.29, 0.717) is 5.69 Å². The van der Waals surface area contributed by atoms with E-state index in [1.54, 1.807) is 18.2 Å². The predicted molar refractivity (Wildman–Crippen MR) is 89.4 cm³/mol. The van der Waals surface area contributed by atoms with E-state index >= 15 is 0 Å². The van der Waals surface area contributed by atoms with Crippen LogP contribution >= 0.6 is 11.6 Å². The molecular weight excluding hydrogens is 332 g/mol. The number of nitrogens with zero attached hydrogens (tertiary/aromatic N) is 1. The van der Waals surface area contributed by atoms with Crippen LogP contribution in [0, 0.1) is 17.0 Å². The molecule has 0 saturated heterocycles. The molecule has 0 unspecified atom stereocenters. The Hall–Kier alpha value is -2.99. The third-order valence-corrected chi connectivity index (χ3v) is 4.00. The van der Waals surface area contributed by atoms with Crippen molar-refractivity contribution in [2.45, 2.75) is 6.92 Å². The van der Waals surface area contributed by atoms with Crippen LogP contribution < -0.4 is 5.32 Å². The molecule has 1 N–H and O–H groups in total. The molecule has 0 aromatic heterocycles. The largest absolute Gasteiger partial charge is 0.351 e. The average Bonchev–Trinajstić information content (AvgIpc) is 2.56. The molecule has 0 saturated carbocycles. The molecule has 0 heterocycles. The summed E-state index contributed by atoms with van der Waals surface area (Å²) in [7, 11) is 0. The quantitative estimate of drug-likeness (QED) is 0.676. The zero-order valence-corrected chi connectivity index (χ0v) is 13.3. The van der Waals surface area contributed by atoms with E-state index in [4.69, 9.17) is 11.6 Å². The van der Waals surface area contributed by atoms with Crippen LogP contribution in [0.4, 0.5) is 11.4 Å². The minimum Gasteiger partial charge on any atom is -0.351 e. The molecular formula is C17H11ClN2O4. The van der Waals surface area contributed by atoms with Crippen molar-refractivity contribution in [3.8, 4) is 0 Å². The van der Waals surface area contributed by atoms with Crippen molar-refractivity contribution in [3.63, 3.8) is 0 Å². The van der Waals surface area contributed by atoms with E-state index in [0.717, 1.165) is 5.56 Å². The number of hydrogen-bond donors (Lipinski definition) is 1. The maximum atomic E-state index is 12.7. The van der Waals surface area contributed by atoms with Gasteiger partial charge < -0.3 is 5.32 Å². The Morgan fingerprint density at radius 1 is 1.08 bits per heavy atom. The lowest BCUT2D eigenvalue weighted by molar-refractivity contribution is -0.385. The van der Waals surface area contributed by atoms with Gasteiger partial charge in [0.05, 0.1) is 4.92 Å². The number of carbonyl (C=O) groups excluding carboxylic acids is 2. The number of anilines is 1. The molecule has 0 bridgehead atoms. The summed E-state index contributed by atoms with van der Waals surface area (Å²) in [5.41, 5.74) is 0.623. The first-order valence-corrected chi connectivity index (χ1v) is 7.38. The number of halogens is 1. The highest BCUT2D eigenvalue weighted by Gasteiger charge is 2.36. The fourth-order valence-corrected chi connectivity index (χ4v) is 2.79. The van der Waals surface area contributed by atoms with Gasteiger partial charge in [-0.15, -0.1) is 0 Å². The lowest BCUT2D eigenvalue weighted by Crippen LogP contribution is -2.25. The molecule has 2 aromatic rings. The molecule has 0 atom stereocenters. The number of Topliss-reactive ketones (excluding diaryl/α,β-unsaturated/α-hetero) is 2. The van der Waals surface area contributed by atoms with Crippen LogP contribution in [0.15, 0.2) is 53.2 Å². The third-order valence-electron chi connectivity index (χ3n) is 3.64. The van der Waals surface area contributed by atoms with Gasteiger partial charge in [0.1, 0.15) is 16.3 Å². The highest BCUT2D eigenvalue weighted by molar-refractivity contribution is 6.50. The Morgan fingerprint density at radius 2 is 1.79 bits per heavy atom.